The van der Waals surface area contributed by atoms with Crippen LogP contribution in [0.5, 0.6) is 0 Å². The molecule has 0 aliphatic carbocycles. The van der Waals surface area contributed by atoms with E-state index >= 15 is 0 Å². The molecule has 0 rings (SSSR count). The summed E-state index contributed by atoms with van der Waals surface area (Å²) in [7, 11) is 0. The van der Waals surface area contributed by atoms with Gasteiger partial charge in [-0.15, -0.1) is 0 Å². The summed E-state index contributed by atoms with van der Waals surface area (Å²) in [6, 6.07) is -0.702. The number of rotatable bonds is 41. The van der Waals surface area contributed by atoms with Gasteiger partial charge in [0.1, 0.15) is 6.10 Å². The molecule has 6 nitrogen and oxygen atoms in total. The number of ether oxygens (including phenoxy) is 1. The van der Waals surface area contributed by atoms with Crippen LogP contribution < -0.4 is 5.32 Å². The summed E-state index contributed by atoms with van der Waals surface area (Å²) in [5.74, 6) is -0.498. The Bertz CT molecular complexity index is 957. The molecule has 0 radical (unpaired) electrons. The first-order chi connectivity index (χ1) is 27.0. The monoisotopic (exact) mass is 772 g/mol. The fourth-order valence-corrected chi connectivity index (χ4v) is 6.97. The van der Waals surface area contributed by atoms with Gasteiger partial charge in [0.2, 0.25) is 5.91 Å². The second-order valence-electron chi connectivity index (χ2n) is 15.9. The summed E-state index contributed by atoms with van der Waals surface area (Å²) in [6.45, 7) is 6.32. The van der Waals surface area contributed by atoms with E-state index in [1.165, 1.54) is 103 Å². The van der Waals surface area contributed by atoms with Crippen LogP contribution >= 0.6 is 0 Å². The Morgan fingerprint density at radius 3 is 1.49 bits per heavy atom. The topological polar surface area (TPSA) is 95.9 Å². The third-order valence-electron chi connectivity index (χ3n) is 10.5. The van der Waals surface area contributed by atoms with Gasteiger partial charge in [-0.25, -0.2) is 0 Å². The molecule has 0 aromatic rings. The largest absolute Gasteiger partial charge is 0.462 e. The Morgan fingerprint density at radius 1 is 0.545 bits per heavy atom. The third kappa shape index (κ3) is 38.5. The van der Waals surface area contributed by atoms with E-state index in [-0.39, 0.29) is 24.9 Å². The van der Waals surface area contributed by atoms with Gasteiger partial charge in [-0.2, -0.15) is 0 Å². The van der Waals surface area contributed by atoms with E-state index in [1.807, 2.05) is 18.2 Å². The maximum absolute atomic E-state index is 13.1. The number of carbonyl (C=O) groups is 2. The van der Waals surface area contributed by atoms with Crippen LogP contribution in [0, 0.1) is 0 Å². The molecule has 0 saturated carbocycles. The van der Waals surface area contributed by atoms with Gasteiger partial charge in [0.25, 0.3) is 0 Å². The lowest BCUT2D eigenvalue weighted by Crippen LogP contribution is -2.46. The van der Waals surface area contributed by atoms with Gasteiger partial charge >= 0.3 is 5.97 Å². The smallest absolute Gasteiger partial charge is 0.306 e. The number of hydrogen-bond donors (Lipinski definition) is 3. The Kier molecular flexibility index (Phi) is 41.2. The Balaban J connectivity index is 4.61. The molecular weight excluding hydrogens is 683 g/mol. The summed E-state index contributed by atoms with van der Waals surface area (Å²) in [4.78, 5) is 26.0. The molecule has 55 heavy (non-hydrogen) atoms. The quantitative estimate of drug-likeness (QED) is 0.0327. The number of unbranched alkanes of at least 4 members (excludes halogenated alkanes) is 24. The SMILES string of the molecule is CC/C=C/C=C/C=C/C=C\CCCCCCCC(=O)OC(CCCCCCCCCCCCC)CC(=O)NC(CO)C(O)CCCCCCCCCCCC. The normalized spacial score (nSPS) is 13.8. The molecule has 0 heterocycles. The minimum Gasteiger partial charge on any atom is -0.462 e. The van der Waals surface area contributed by atoms with Gasteiger partial charge in [0.15, 0.2) is 0 Å². The van der Waals surface area contributed by atoms with E-state index in [4.69, 9.17) is 4.74 Å². The molecule has 0 bridgehead atoms. The van der Waals surface area contributed by atoms with Gasteiger partial charge in [0.05, 0.1) is 25.2 Å². The molecule has 3 N–H and O–H groups in total. The van der Waals surface area contributed by atoms with Crippen LogP contribution in [0.2, 0.25) is 0 Å². The lowest BCUT2D eigenvalue weighted by atomic mass is 10.0. The van der Waals surface area contributed by atoms with Crippen molar-refractivity contribution in [2.45, 2.75) is 244 Å². The van der Waals surface area contributed by atoms with Gasteiger partial charge in [-0.05, 0) is 44.9 Å². The van der Waals surface area contributed by atoms with Crippen LogP contribution in [0.1, 0.15) is 226 Å². The molecule has 320 valence electrons. The third-order valence-corrected chi connectivity index (χ3v) is 10.5. The fraction of sp³-hybridized carbons (Fsp3) is 0.796. The maximum atomic E-state index is 13.1. The highest BCUT2D eigenvalue weighted by atomic mass is 16.5. The predicted molar refractivity (Wildman–Crippen MR) is 236 cm³/mol. The zero-order valence-electron chi connectivity index (χ0n) is 36.3. The zero-order chi connectivity index (χ0) is 40.3. The van der Waals surface area contributed by atoms with E-state index in [0.717, 1.165) is 77.0 Å². The van der Waals surface area contributed by atoms with E-state index in [1.54, 1.807) is 0 Å². The van der Waals surface area contributed by atoms with Crippen molar-refractivity contribution in [2.75, 3.05) is 6.61 Å². The molecule has 1 amide bonds. The lowest BCUT2D eigenvalue weighted by Gasteiger charge is -2.24. The summed E-state index contributed by atoms with van der Waals surface area (Å²) < 4.78 is 5.90. The van der Waals surface area contributed by atoms with E-state index in [2.05, 4.69) is 56.5 Å². The Morgan fingerprint density at radius 2 is 0.982 bits per heavy atom. The molecule has 0 spiro atoms. The first kappa shape index (κ1) is 52.8. The van der Waals surface area contributed by atoms with Crippen molar-refractivity contribution in [3.05, 3.63) is 48.6 Å². The van der Waals surface area contributed by atoms with Crippen molar-refractivity contribution >= 4 is 11.9 Å². The minimum atomic E-state index is -0.788. The number of allylic oxidation sites excluding steroid dienone is 8. The van der Waals surface area contributed by atoms with Crippen LogP contribution in [0.25, 0.3) is 0 Å². The number of aliphatic hydroxyl groups is 2. The van der Waals surface area contributed by atoms with Gasteiger partial charge < -0.3 is 20.3 Å². The maximum Gasteiger partial charge on any atom is 0.306 e. The predicted octanol–water partition coefficient (Wildman–Crippen LogP) is 13.5. The summed E-state index contributed by atoms with van der Waals surface area (Å²) in [5.41, 5.74) is 0. The molecule has 3 atom stereocenters. The second-order valence-corrected chi connectivity index (χ2v) is 15.9. The number of carbonyl (C=O) groups excluding carboxylic acids is 2. The molecule has 3 unspecified atom stereocenters. The number of esters is 1. The highest BCUT2D eigenvalue weighted by molar-refractivity contribution is 5.77. The number of hydrogen-bond acceptors (Lipinski definition) is 5. The highest BCUT2D eigenvalue weighted by Gasteiger charge is 2.24. The van der Waals surface area contributed by atoms with Crippen molar-refractivity contribution in [3.8, 4) is 0 Å². The van der Waals surface area contributed by atoms with Crippen LogP contribution in [0.3, 0.4) is 0 Å². The molecule has 0 aromatic carbocycles. The molecule has 0 aliphatic heterocycles. The number of aliphatic hydroxyl groups excluding tert-OH is 2. The Hall–Kier alpha value is -2.18. The first-order valence-electron chi connectivity index (χ1n) is 23.4. The standard InChI is InChI=1S/C49H89NO5/c1-4-7-10-13-16-19-22-23-24-25-27-30-33-36-39-42-49(54)55-45(40-37-34-31-28-26-20-17-14-11-8-5-2)43-48(53)50-46(44-51)47(52)41-38-35-32-29-21-18-15-12-9-6-3/h7,10,13,16,19,22-24,45-47,51-52H,4-6,8-9,11-12,14-15,17-18,20-21,25-44H2,1-3H3,(H,50,53)/b10-7+,16-13+,22-19+,24-23-. The summed E-state index contributed by atoms with van der Waals surface area (Å²) in [5, 5.41) is 23.6. The van der Waals surface area contributed by atoms with E-state index < -0.39 is 18.2 Å². The average molecular weight is 772 g/mol. The molecule has 6 heteroatoms. The molecule has 0 aliphatic rings. The van der Waals surface area contributed by atoms with E-state index in [9.17, 15) is 19.8 Å². The highest BCUT2D eigenvalue weighted by Crippen LogP contribution is 2.18. The van der Waals surface area contributed by atoms with Gasteiger partial charge in [-0.3, -0.25) is 9.59 Å². The van der Waals surface area contributed by atoms with Crippen LogP contribution in [0.15, 0.2) is 48.6 Å². The van der Waals surface area contributed by atoms with Crippen LogP contribution in [-0.4, -0.2) is 46.9 Å². The first-order valence-corrected chi connectivity index (χ1v) is 23.4. The summed E-state index contributed by atoms with van der Waals surface area (Å²) in [6.07, 6.45) is 50.2. The Labute approximate surface area is 340 Å². The van der Waals surface area contributed by atoms with Crippen molar-refractivity contribution < 1.29 is 24.5 Å². The number of amides is 1. The minimum absolute atomic E-state index is 0.0693. The zero-order valence-corrected chi connectivity index (χ0v) is 36.3. The van der Waals surface area contributed by atoms with Gasteiger partial charge in [-0.1, -0.05) is 217 Å². The summed E-state index contributed by atoms with van der Waals surface area (Å²) >= 11 is 0. The van der Waals surface area contributed by atoms with Crippen molar-refractivity contribution in [3.63, 3.8) is 0 Å². The fourth-order valence-electron chi connectivity index (χ4n) is 6.97. The van der Waals surface area contributed by atoms with Crippen molar-refractivity contribution in [1.82, 2.24) is 5.32 Å². The van der Waals surface area contributed by atoms with Crippen molar-refractivity contribution in [1.29, 1.82) is 0 Å². The molecule has 0 saturated heterocycles. The van der Waals surface area contributed by atoms with Gasteiger partial charge in [0, 0.05) is 6.42 Å². The molecule has 0 aromatic heterocycles. The molecule has 0 fully saturated rings. The van der Waals surface area contributed by atoms with Crippen molar-refractivity contribution in [2.24, 2.45) is 0 Å². The average Bonchev–Trinajstić information content (AvgIpc) is 3.18. The van der Waals surface area contributed by atoms with Crippen LogP contribution in [-0.2, 0) is 14.3 Å². The van der Waals surface area contributed by atoms with E-state index in [0.29, 0.717) is 19.3 Å². The van der Waals surface area contributed by atoms with Crippen LogP contribution in [0.4, 0.5) is 0 Å². The molecular formula is C49H89NO5. The second kappa shape index (κ2) is 43.0. The lowest BCUT2D eigenvalue weighted by molar-refractivity contribution is -0.151. The number of nitrogens with one attached hydrogen (secondary N) is 1.